The van der Waals surface area contributed by atoms with Crippen LogP contribution in [0.4, 0.5) is 10.2 Å². The number of anilines is 1. The van der Waals surface area contributed by atoms with Gasteiger partial charge in [0.25, 0.3) is 10.1 Å². The van der Waals surface area contributed by atoms with Gasteiger partial charge in [-0.25, -0.2) is 9.37 Å². The third-order valence-corrected chi connectivity index (χ3v) is 6.93. The van der Waals surface area contributed by atoms with Crippen molar-refractivity contribution in [3.05, 3.63) is 47.9 Å². The van der Waals surface area contributed by atoms with Crippen molar-refractivity contribution in [2.45, 2.75) is 25.5 Å². The second-order valence-electron chi connectivity index (χ2n) is 8.93. The lowest BCUT2D eigenvalue weighted by molar-refractivity contribution is 0.0716. The van der Waals surface area contributed by atoms with Crippen LogP contribution in [0.15, 0.2) is 40.9 Å². The third-order valence-electron chi connectivity index (χ3n) is 6.39. The van der Waals surface area contributed by atoms with Crippen LogP contribution in [0.3, 0.4) is 0 Å². The van der Waals surface area contributed by atoms with E-state index in [0.29, 0.717) is 46.9 Å². The minimum Gasteiger partial charge on any atom is -0.477 e. The monoisotopic (exact) mass is 490 g/mol. The summed E-state index contributed by atoms with van der Waals surface area (Å²) in [6, 6.07) is 10.1. The van der Waals surface area contributed by atoms with Crippen LogP contribution in [-0.2, 0) is 20.9 Å². The Hall–Kier alpha value is -2.76. The number of aromatic nitrogens is 2. The molecule has 2 aliphatic heterocycles. The highest BCUT2D eigenvalue weighted by molar-refractivity contribution is 7.85. The molecular weight excluding hydrogens is 463 g/mol. The maximum Gasteiger partial charge on any atom is 0.264 e. The maximum absolute atomic E-state index is 13.7. The number of pyridine rings is 1. The summed E-state index contributed by atoms with van der Waals surface area (Å²) < 4.78 is 52.2. The van der Waals surface area contributed by atoms with Crippen LogP contribution in [0.1, 0.15) is 18.5 Å². The zero-order valence-corrected chi connectivity index (χ0v) is 19.7. The molecule has 0 unspecified atom stereocenters. The van der Waals surface area contributed by atoms with Gasteiger partial charge in [0.2, 0.25) is 5.88 Å². The lowest BCUT2D eigenvalue weighted by Crippen LogP contribution is -2.57. The van der Waals surface area contributed by atoms with Gasteiger partial charge in [-0.1, -0.05) is 11.2 Å². The van der Waals surface area contributed by atoms with Gasteiger partial charge in [0.1, 0.15) is 12.4 Å². The average molecular weight is 491 g/mol. The van der Waals surface area contributed by atoms with Crippen LogP contribution < -0.4 is 9.64 Å². The van der Waals surface area contributed by atoms with Gasteiger partial charge in [-0.2, -0.15) is 8.42 Å². The highest BCUT2D eigenvalue weighted by Crippen LogP contribution is 2.31. The van der Waals surface area contributed by atoms with Gasteiger partial charge in [-0.15, -0.1) is 0 Å². The summed E-state index contributed by atoms with van der Waals surface area (Å²) in [6.07, 6.45) is 3.07. The molecule has 0 saturated carbocycles. The molecule has 11 heteroatoms. The SMILES string of the molecule is CS(=O)(=O)OCc1cccc(OC[C@H]2CC[C@H]3CN(c4noc5ccc(F)cc45)CCN3C2)n1. The van der Waals surface area contributed by atoms with E-state index >= 15 is 0 Å². The minimum absolute atomic E-state index is 0.112. The second-order valence-corrected chi connectivity index (χ2v) is 10.6. The summed E-state index contributed by atoms with van der Waals surface area (Å²) in [6.45, 7) is 3.88. The predicted octanol–water partition coefficient (Wildman–Crippen LogP) is 2.82. The molecule has 0 amide bonds. The van der Waals surface area contributed by atoms with Crippen LogP contribution in [-0.4, -0.2) is 68.5 Å². The van der Waals surface area contributed by atoms with E-state index in [-0.39, 0.29) is 12.4 Å². The molecule has 2 atom stereocenters. The van der Waals surface area contributed by atoms with Gasteiger partial charge >= 0.3 is 0 Å². The Balaban J connectivity index is 1.15. The molecule has 182 valence electrons. The highest BCUT2D eigenvalue weighted by atomic mass is 32.2. The minimum atomic E-state index is -3.52. The molecule has 3 aromatic rings. The molecule has 34 heavy (non-hydrogen) atoms. The van der Waals surface area contributed by atoms with Crippen molar-refractivity contribution in [3.63, 3.8) is 0 Å². The zero-order chi connectivity index (χ0) is 23.7. The highest BCUT2D eigenvalue weighted by Gasteiger charge is 2.34. The number of hydrogen-bond acceptors (Lipinski definition) is 9. The number of benzene rings is 1. The fourth-order valence-corrected chi connectivity index (χ4v) is 5.04. The fourth-order valence-electron chi connectivity index (χ4n) is 4.70. The number of hydrogen-bond donors (Lipinski definition) is 0. The average Bonchev–Trinajstić information content (AvgIpc) is 3.24. The fraction of sp³-hybridized carbons (Fsp3) is 0.478. The van der Waals surface area contributed by atoms with E-state index in [1.807, 2.05) is 0 Å². The first-order valence-electron chi connectivity index (χ1n) is 11.3. The first kappa shape index (κ1) is 23.0. The summed E-state index contributed by atoms with van der Waals surface area (Å²) in [7, 11) is -3.52. The number of piperazine rings is 1. The predicted molar refractivity (Wildman–Crippen MR) is 124 cm³/mol. The van der Waals surface area contributed by atoms with E-state index in [0.717, 1.165) is 45.3 Å². The van der Waals surface area contributed by atoms with Gasteiger partial charge in [0.05, 0.1) is 23.9 Å². The first-order valence-corrected chi connectivity index (χ1v) is 13.1. The van der Waals surface area contributed by atoms with Gasteiger partial charge in [0, 0.05) is 44.2 Å². The maximum atomic E-state index is 13.7. The molecule has 0 radical (unpaired) electrons. The Bertz CT molecular complexity index is 1270. The Kier molecular flexibility index (Phi) is 6.41. The molecule has 5 rings (SSSR count). The van der Waals surface area contributed by atoms with Crippen molar-refractivity contribution in [2.24, 2.45) is 5.92 Å². The third kappa shape index (κ3) is 5.31. The molecule has 9 nitrogen and oxygen atoms in total. The largest absolute Gasteiger partial charge is 0.477 e. The number of rotatable bonds is 7. The van der Waals surface area contributed by atoms with Crippen molar-refractivity contribution in [2.75, 3.05) is 43.9 Å². The van der Waals surface area contributed by atoms with E-state index in [1.165, 1.54) is 12.1 Å². The van der Waals surface area contributed by atoms with Crippen LogP contribution in [0.25, 0.3) is 11.0 Å². The molecule has 0 bridgehead atoms. The van der Waals surface area contributed by atoms with Gasteiger partial charge in [-0.05, 0) is 37.1 Å². The van der Waals surface area contributed by atoms with E-state index in [4.69, 9.17) is 13.4 Å². The van der Waals surface area contributed by atoms with E-state index in [9.17, 15) is 12.8 Å². The Morgan fingerprint density at radius 1 is 1.18 bits per heavy atom. The van der Waals surface area contributed by atoms with Crippen LogP contribution >= 0.6 is 0 Å². The molecule has 2 fully saturated rings. The van der Waals surface area contributed by atoms with Gasteiger partial charge < -0.3 is 14.2 Å². The Labute approximate surface area is 197 Å². The second kappa shape index (κ2) is 9.47. The molecule has 0 spiro atoms. The van der Waals surface area contributed by atoms with Crippen LogP contribution in [0.2, 0.25) is 0 Å². The van der Waals surface area contributed by atoms with Crippen LogP contribution in [0.5, 0.6) is 5.88 Å². The molecule has 4 heterocycles. The van der Waals surface area contributed by atoms with Gasteiger partial charge in [0.15, 0.2) is 11.4 Å². The number of nitrogens with zero attached hydrogens (tertiary/aromatic N) is 4. The van der Waals surface area contributed by atoms with E-state index < -0.39 is 10.1 Å². The Morgan fingerprint density at radius 2 is 2.06 bits per heavy atom. The molecule has 0 N–H and O–H groups in total. The van der Waals surface area contributed by atoms with Crippen molar-refractivity contribution < 1.29 is 26.3 Å². The van der Waals surface area contributed by atoms with Crippen molar-refractivity contribution in [3.8, 4) is 5.88 Å². The van der Waals surface area contributed by atoms with Crippen molar-refractivity contribution in [1.82, 2.24) is 15.0 Å². The normalized spacial score (nSPS) is 21.5. The first-order chi connectivity index (χ1) is 16.3. The lowest BCUT2D eigenvalue weighted by atomic mass is 9.91. The van der Waals surface area contributed by atoms with Crippen molar-refractivity contribution in [1.29, 1.82) is 0 Å². The summed E-state index contributed by atoms with van der Waals surface area (Å²) in [5.74, 6) is 1.26. The number of fused-ring (bicyclic) bond motifs is 2. The number of piperidine rings is 1. The van der Waals surface area contributed by atoms with E-state index in [1.54, 1.807) is 24.3 Å². The number of halogens is 1. The summed E-state index contributed by atoms with van der Waals surface area (Å²) >= 11 is 0. The molecule has 2 aromatic heterocycles. The van der Waals surface area contributed by atoms with Crippen LogP contribution in [0, 0.1) is 11.7 Å². The summed E-state index contributed by atoms with van der Waals surface area (Å²) in [5.41, 5.74) is 1.10. The summed E-state index contributed by atoms with van der Waals surface area (Å²) in [5, 5.41) is 4.92. The quantitative estimate of drug-likeness (QED) is 0.463. The Morgan fingerprint density at radius 3 is 2.91 bits per heavy atom. The van der Waals surface area contributed by atoms with E-state index in [2.05, 4.69) is 19.9 Å². The smallest absolute Gasteiger partial charge is 0.264 e. The van der Waals surface area contributed by atoms with Crippen molar-refractivity contribution >= 4 is 26.9 Å². The van der Waals surface area contributed by atoms with Gasteiger partial charge in [-0.3, -0.25) is 9.08 Å². The standard InChI is InChI=1S/C23H27FN4O5S/c1-34(29,30)32-15-18-3-2-4-22(25-18)31-14-16-5-7-19-13-28(10-9-27(19)12-16)23-20-11-17(24)6-8-21(20)33-26-23/h2-4,6,8,11,16,19H,5,7,9-10,12-15H2,1H3/t16-,19-/m0/s1. The molecular formula is C23H27FN4O5S. The molecule has 0 aliphatic carbocycles. The summed E-state index contributed by atoms with van der Waals surface area (Å²) in [4.78, 5) is 9.02. The number of ether oxygens (including phenoxy) is 1. The topological polar surface area (TPSA) is 98.0 Å². The zero-order valence-electron chi connectivity index (χ0n) is 18.9. The lowest BCUT2D eigenvalue weighted by Gasteiger charge is -2.46. The molecule has 1 aromatic carbocycles. The molecule has 2 saturated heterocycles. The molecule has 2 aliphatic rings.